The summed E-state index contributed by atoms with van der Waals surface area (Å²) in [6, 6.07) is 0. The molecule has 4 fully saturated rings. The molecule has 0 aromatic carbocycles. The lowest BCUT2D eigenvalue weighted by Gasteiger charge is -2.67. The number of hydrogen-bond acceptors (Lipinski definition) is 3. The molecule has 166 valence electrons. The molecule has 4 aliphatic carbocycles. The van der Waals surface area contributed by atoms with Crippen molar-refractivity contribution in [2.45, 2.75) is 104 Å². The quantitative estimate of drug-likeness (QED) is 0.622. The number of carbonyl (C=O) groups is 1. The molecule has 0 unspecified atom stereocenters. The first-order chi connectivity index (χ1) is 13.5. The van der Waals surface area contributed by atoms with Gasteiger partial charge in [0.25, 0.3) is 0 Å². The van der Waals surface area contributed by atoms with E-state index in [1.165, 1.54) is 19.3 Å². The molecule has 4 heteroatoms. The number of aliphatic hydroxyl groups excluding tert-OH is 2. The summed E-state index contributed by atoms with van der Waals surface area (Å²) in [6.07, 6.45) is 9.06. The highest BCUT2D eigenvalue weighted by molar-refractivity contribution is 5.66. The average Bonchev–Trinajstić information content (AvgIpc) is 3.03. The van der Waals surface area contributed by atoms with Gasteiger partial charge in [-0.25, -0.2) is 0 Å². The van der Waals surface area contributed by atoms with Crippen molar-refractivity contribution in [2.75, 3.05) is 0 Å². The zero-order chi connectivity index (χ0) is 21.2. The summed E-state index contributed by atoms with van der Waals surface area (Å²) in [5, 5.41) is 31.0. The molecule has 10 atom stereocenters. The Morgan fingerprint density at radius 2 is 1.66 bits per heavy atom. The van der Waals surface area contributed by atoms with E-state index in [4.69, 9.17) is 5.11 Å². The van der Waals surface area contributed by atoms with E-state index in [9.17, 15) is 15.0 Å². The van der Waals surface area contributed by atoms with Gasteiger partial charge in [0.05, 0.1) is 12.2 Å². The number of fused-ring (bicyclic) bond motifs is 5. The Morgan fingerprint density at radius 1 is 0.966 bits per heavy atom. The first kappa shape index (κ1) is 21.6. The molecule has 0 amide bonds. The summed E-state index contributed by atoms with van der Waals surface area (Å²) in [5.74, 6) is 1.69. The van der Waals surface area contributed by atoms with E-state index < -0.39 is 5.97 Å². The van der Waals surface area contributed by atoms with Gasteiger partial charge in [0.1, 0.15) is 0 Å². The highest BCUT2D eigenvalue weighted by Gasteiger charge is 2.68. The summed E-state index contributed by atoms with van der Waals surface area (Å²) in [7, 11) is 0. The van der Waals surface area contributed by atoms with Crippen molar-refractivity contribution < 1.29 is 20.1 Å². The van der Waals surface area contributed by atoms with Crippen LogP contribution in [0.15, 0.2) is 0 Å². The number of aliphatic carboxylic acids is 1. The number of aliphatic hydroxyl groups is 2. The van der Waals surface area contributed by atoms with Crippen molar-refractivity contribution in [3.8, 4) is 0 Å². The van der Waals surface area contributed by atoms with Crippen LogP contribution in [-0.4, -0.2) is 33.5 Å². The molecule has 0 saturated heterocycles. The Bertz CT molecular complexity index is 649. The molecular weight excluding hydrogens is 364 g/mol. The molecule has 0 aromatic heterocycles. The van der Waals surface area contributed by atoms with Crippen molar-refractivity contribution >= 4 is 5.97 Å². The minimum atomic E-state index is -0.710. The standard InChI is InChI=1S/C25H42O4/c1-15(5-8-22(28)29)18-6-7-19-24(3)11-9-16-13-17(26)10-12-23(16,2)20(24)14-21(27)25(18,19)4/h15-21,26-27H,5-14H2,1-4H3,(H,28,29)/t15-,16-,17-,18-,19+,20-,21+,23+,24+,25-/m1/s1. The van der Waals surface area contributed by atoms with Gasteiger partial charge in [-0.05, 0) is 104 Å². The van der Waals surface area contributed by atoms with Crippen molar-refractivity contribution in [1.29, 1.82) is 0 Å². The molecule has 4 aliphatic rings. The lowest BCUT2D eigenvalue weighted by molar-refractivity contribution is -0.214. The van der Waals surface area contributed by atoms with Gasteiger partial charge in [0.15, 0.2) is 0 Å². The normalized spacial score (nSPS) is 52.9. The third kappa shape index (κ3) is 3.11. The first-order valence-corrected chi connectivity index (χ1v) is 12.1. The molecule has 3 N–H and O–H groups in total. The second kappa shape index (κ2) is 7.22. The summed E-state index contributed by atoms with van der Waals surface area (Å²) in [6.45, 7) is 9.52. The Kier molecular flexibility index (Phi) is 5.38. The SMILES string of the molecule is C[C@H](CCC(=O)O)[C@H]1CC[C@H]2[C@]3(C)CC[C@@H]4C[C@H](O)CC[C@]4(C)[C@H]3C[C@H](O)[C@]12C. The van der Waals surface area contributed by atoms with Gasteiger partial charge < -0.3 is 15.3 Å². The lowest BCUT2D eigenvalue weighted by Crippen LogP contribution is -2.63. The number of hydrogen-bond donors (Lipinski definition) is 3. The van der Waals surface area contributed by atoms with Crippen LogP contribution in [0.2, 0.25) is 0 Å². The number of rotatable bonds is 4. The third-order valence-corrected chi connectivity index (χ3v) is 10.9. The van der Waals surface area contributed by atoms with Crippen LogP contribution in [0, 0.1) is 45.8 Å². The number of carboxylic acid groups (broad SMARTS) is 1. The zero-order valence-electron chi connectivity index (χ0n) is 18.9. The summed E-state index contributed by atoms with van der Waals surface area (Å²) >= 11 is 0. The van der Waals surface area contributed by atoms with Crippen molar-refractivity contribution in [3.63, 3.8) is 0 Å². The monoisotopic (exact) mass is 406 g/mol. The van der Waals surface area contributed by atoms with Crippen LogP contribution in [0.25, 0.3) is 0 Å². The Balaban J connectivity index is 1.62. The number of carboxylic acids is 1. The summed E-state index contributed by atoms with van der Waals surface area (Å²) < 4.78 is 0. The Hall–Kier alpha value is -0.610. The molecule has 4 saturated carbocycles. The van der Waals surface area contributed by atoms with Gasteiger partial charge in [0.2, 0.25) is 0 Å². The van der Waals surface area contributed by atoms with Crippen molar-refractivity contribution in [3.05, 3.63) is 0 Å². The maximum absolute atomic E-state index is 11.6. The van der Waals surface area contributed by atoms with Crippen LogP contribution in [0.4, 0.5) is 0 Å². The van der Waals surface area contributed by atoms with Crippen LogP contribution >= 0.6 is 0 Å². The fraction of sp³-hybridized carbons (Fsp3) is 0.960. The van der Waals surface area contributed by atoms with E-state index in [1.54, 1.807) is 0 Å². The molecule has 4 nitrogen and oxygen atoms in total. The Labute approximate surface area is 176 Å². The van der Waals surface area contributed by atoms with E-state index >= 15 is 0 Å². The highest BCUT2D eigenvalue weighted by Crippen LogP contribution is 2.72. The maximum atomic E-state index is 11.6. The topological polar surface area (TPSA) is 77.8 Å². The minimum absolute atomic E-state index is 0.0967. The molecule has 4 rings (SSSR count). The molecule has 0 bridgehead atoms. The third-order valence-electron chi connectivity index (χ3n) is 10.9. The van der Waals surface area contributed by atoms with E-state index in [0.717, 1.165) is 32.1 Å². The van der Waals surface area contributed by atoms with Crippen molar-refractivity contribution in [2.24, 2.45) is 45.8 Å². The second-order valence-electron chi connectivity index (χ2n) is 12.0. The average molecular weight is 407 g/mol. The summed E-state index contributed by atoms with van der Waals surface area (Å²) in [5.41, 5.74) is 0.394. The second-order valence-corrected chi connectivity index (χ2v) is 12.0. The van der Waals surface area contributed by atoms with Gasteiger partial charge >= 0.3 is 5.97 Å². The minimum Gasteiger partial charge on any atom is -0.481 e. The van der Waals surface area contributed by atoms with Crippen LogP contribution in [0.5, 0.6) is 0 Å². The molecule has 0 aromatic rings. The molecule has 0 aliphatic heterocycles. The molecule has 0 spiro atoms. The first-order valence-electron chi connectivity index (χ1n) is 12.1. The van der Waals surface area contributed by atoms with Crippen LogP contribution in [0.1, 0.15) is 91.9 Å². The lowest BCUT2D eigenvalue weighted by atomic mass is 9.38. The fourth-order valence-electron chi connectivity index (χ4n) is 9.35. The van der Waals surface area contributed by atoms with Crippen molar-refractivity contribution in [1.82, 2.24) is 0 Å². The van der Waals surface area contributed by atoms with Gasteiger partial charge in [-0.1, -0.05) is 27.7 Å². The molecule has 0 heterocycles. The molecule has 0 radical (unpaired) electrons. The van der Waals surface area contributed by atoms with Gasteiger partial charge in [0, 0.05) is 6.42 Å². The van der Waals surface area contributed by atoms with Gasteiger partial charge in [-0.3, -0.25) is 4.79 Å². The predicted molar refractivity (Wildman–Crippen MR) is 113 cm³/mol. The van der Waals surface area contributed by atoms with E-state index in [0.29, 0.717) is 36.0 Å². The smallest absolute Gasteiger partial charge is 0.303 e. The zero-order valence-corrected chi connectivity index (χ0v) is 18.9. The molecular formula is C25H42O4. The van der Waals surface area contributed by atoms with Crippen LogP contribution < -0.4 is 0 Å². The highest BCUT2D eigenvalue weighted by atomic mass is 16.4. The molecule has 29 heavy (non-hydrogen) atoms. The van der Waals surface area contributed by atoms with E-state index in [2.05, 4.69) is 27.7 Å². The van der Waals surface area contributed by atoms with Crippen LogP contribution in [0.3, 0.4) is 0 Å². The van der Waals surface area contributed by atoms with Gasteiger partial charge in [-0.2, -0.15) is 0 Å². The van der Waals surface area contributed by atoms with Crippen LogP contribution in [-0.2, 0) is 4.79 Å². The fourth-order valence-corrected chi connectivity index (χ4v) is 9.35. The maximum Gasteiger partial charge on any atom is 0.303 e. The van der Waals surface area contributed by atoms with E-state index in [1.807, 2.05) is 0 Å². The largest absolute Gasteiger partial charge is 0.481 e. The predicted octanol–water partition coefficient (Wildman–Crippen LogP) is 4.87. The summed E-state index contributed by atoms with van der Waals surface area (Å²) in [4.78, 5) is 11.1. The Morgan fingerprint density at radius 3 is 2.34 bits per heavy atom. The van der Waals surface area contributed by atoms with E-state index in [-0.39, 0.29) is 34.9 Å². The van der Waals surface area contributed by atoms with Gasteiger partial charge in [-0.15, -0.1) is 0 Å².